The Balaban J connectivity index is 1.52. The lowest BCUT2D eigenvalue weighted by Gasteiger charge is -2.23. The number of sulfonamides is 2. The van der Waals surface area contributed by atoms with Gasteiger partial charge in [-0.05, 0) is 31.4 Å². The largest absolute Gasteiger partial charge is 0.289 e. The Labute approximate surface area is 152 Å². The molecule has 2 saturated heterocycles. The molecular weight excluding hydrogens is 380 g/mol. The number of amides is 1. The van der Waals surface area contributed by atoms with E-state index in [1.165, 1.54) is 18.5 Å². The predicted molar refractivity (Wildman–Crippen MR) is 92.0 cm³/mol. The fourth-order valence-electron chi connectivity index (χ4n) is 3.62. The van der Waals surface area contributed by atoms with Crippen molar-refractivity contribution in [3.8, 4) is 0 Å². The molecule has 1 aliphatic carbocycles. The minimum atomic E-state index is -3.74. The highest BCUT2D eigenvalue weighted by atomic mass is 32.2. The summed E-state index contributed by atoms with van der Waals surface area (Å²) in [6.07, 6.45) is 4.42. The summed E-state index contributed by atoms with van der Waals surface area (Å²) in [5.41, 5.74) is 0. The number of hydrogen-bond donors (Lipinski definition) is 1. The van der Waals surface area contributed by atoms with E-state index in [0.717, 1.165) is 4.31 Å². The maximum atomic E-state index is 12.8. The normalized spacial score (nSPS) is 29.4. The summed E-state index contributed by atoms with van der Waals surface area (Å²) in [4.78, 5) is 18.5. The van der Waals surface area contributed by atoms with Crippen LogP contribution in [0.5, 0.6) is 0 Å². The Bertz CT molecular complexity index is 915. The molecule has 9 nitrogen and oxygen atoms in total. The van der Waals surface area contributed by atoms with Crippen molar-refractivity contribution in [1.82, 2.24) is 18.9 Å². The molecule has 142 valence electrons. The second-order valence-electron chi connectivity index (χ2n) is 6.93. The van der Waals surface area contributed by atoms with Gasteiger partial charge in [0.2, 0.25) is 20.0 Å². The summed E-state index contributed by atoms with van der Waals surface area (Å²) in [5.74, 6) is -0.540. The van der Waals surface area contributed by atoms with Gasteiger partial charge in [0.1, 0.15) is 4.90 Å². The van der Waals surface area contributed by atoms with Crippen LogP contribution in [0.2, 0.25) is 0 Å². The third kappa shape index (κ3) is 3.24. The average molecular weight is 400 g/mol. The van der Waals surface area contributed by atoms with Crippen LogP contribution >= 0.6 is 0 Å². The molecule has 11 heteroatoms. The Morgan fingerprint density at radius 2 is 2.04 bits per heavy atom. The van der Waals surface area contributed by atoms with E-state index >= 15 is 0 Å². The fourth-order valence-corrected chi connectivity index (χ4v) is 6.54. The van der Waals surface area contributed by atoms with Crippen molar-refractivity contribution in [2.45, 2.75) is 42.3 Å². The van der Waals surface area contributed by atoms with E-state index in [9.17, 15) is 21.6 Å². The maximum absolute atomic E-state index is 12.8. The van der Waals surface area contributed by atoms with Gasteiger partial charge in [-0.2, -0.15) is 0 Å². The van der Waals surface area contributed by atoms with Gasteiger partial charge in [-0.3, -0.25) is 14.7 Å². The summed E-state index contributed by atoms with van der Waals surface area (Å²) in [5, 5.41) is 0. The van der Waals surface area contributed by atoms with E-state index in [-0.39, 0.29) is 29.7 Å². The molecule has 3 aliphatic rings. The van der Waals surface area contributed by atoms with Gasteiger partial charge in [0, 0.05) is 37.6 Å². The zero-order valence-electron chi connectivity index (χ0n) is 14.0. The molecule has 4 rings (SSSR count). The smallest absolute Gasteiger partial charge is 0.253 e. The van der Waals surface area contributed by atoms with E-state index in [2.05, 4.69) is 9.71 Å². The first kappa shape index (κ1) is 17.8. The number of nitrogens with zero attached hydrogens (tertiary/aromatic N) is 3. The minimum absolute atomic E-state index is 0.0654. The number of aromatic nitrogens is 1. The molecule has 2 aliphatic heterocycles. The predicted octanol–water partition coefficient (Wildman–Crippen LogP) is -0.863. The fraction of sp³-hybridized carbons (Fsp3) is 0.600. The van der Waals surface area contributed by atoms with Gasteiger partial charge in [-0.15, -0.1) is 0 Å². The molecule has 1 amide bonds. The summed E-state index contributed by atoms with van der Waals surface area (Å²) < 4.78 is 53.4. The SMILES string of the molecule is O=C1[C@@H]2C[C@H](NS(=O)(=O)c3cccnc3)CN2CCS(=O)(=O)N1C1CC1. The van der Waals surface area contributed by atoms with Gasteiger partial charge < -0.3 is 0 Å². The van der Waals surface area contributed by atoms with Gasteiger partial charge in [0.25, 0.3) is 5.91 Å². The molecule has 26 heavy (non-hydrogen) atoms. The third-order valence-electron chi connectivity index (χ3n) is 4.99. The molecule has 1 N–H and O–H groups in total. The summed E-state index contributed by atoms with van der Waals surface area (Å²) in [6, 6.07) is 1.72. The van der Waals surface area contributed by atoms with Crippen molar-refractivity contribution >= 4 is 26.0 Å². The van der Waals surface area contributed by atoms with Gasteiger partial charge in [0.15, 0.2) is 0 Å². The average Bonchev–Trinajstić information content (AvgIpc) is 3.34. The van der Waals surface area contributed by atoms with Crippen molar-refractivity contribution in [3.05, 3.63) is 24.5 Å². The molecule has 1 aromatic heterocycles. The zero-order chi connectivity index (χ0) is 18.5. The molecule has 0 bridgehead atoms. The maximum Gasteiger partial charge on any atom is 0.253 e. The molecule has 0 radical (unpaired) electrons. The van der Waals surface area contributed by atoms with Crippen LogP contribution in [0, 0.1) is 0 Å². The molecule has 1 saturated carbocycles. The first-order valence-electron chi connectivity index (χ1n) is 8.50. The van der Waals surface area contributed by atoms with Crippen LogP contribution in [0.1, 0.15) is 19.3 Å². The van der Waals surface area contributed by atoms with Gasteiger partial charge in [-0.1, -0.05) is 0 Å². The van der Waals surface area contributed by atoms with Crippen LogP contribution in [0.4, 0.5) is 0 Å². The Kier molecular flexibility index (Phi) is 4.29. The number of carbonyl (C=O) groups excluding carboxylic acids is 1. The number of hydrogen-bond acceptors (Lipinski definition) is 7. The van der Waals surface area contributed by atoms with Crippen LogP contribution in [-0.4, -0.2) is 73.9 Å². The van der Waals surface area contributed by atoms with Crippen molar-refractivity contribution < 1.29 is 21.6 Å². The Morgan fingerprint density at radius 1 is 1.27 bits per heavy atom. The van der Waals surface area contributed by atoms with E-state index in [0.29, 0.717) is 19.4 Å². The van der Waals surface area contributed by atoms with E-state index in [1.807, 2.05) is 0 Å². The summed E-state index contributed by atoms with van der Waals surface area (Å²) in [6.45, 7) is 0.539. The topological polar surface area (TPSA) is 117 Å². The number of pyridine rings is 1. The van der Waals surface area contributed by atoms with Crippen LogP contribution in [0.3, 0.4) is 0 Å². The Hall–Kier alpha value is -1.56. The lowest BCUT2D eigenvalue weighted by atomic mass is 10.1. The number of nitrogens with one attached hydrogen (secondary N) is 1. The molecule has 2 atom stereocenters. The van der Waals surface area contributed by atoms with Crippen molar-refractivity contribution in [2.75, 3.05) is 18.8 Å². The van der Waals surface area contributed by atoms with Crippen LogP contribution < -0.4 is 4.72 Å². The van der Waals surface area contributed by atoms with E-state index < -0.39 is 38.0 Å². The lowest BCUT2D eigenvalue weighted by Crippen LogP contribution is -2.45. The summed E-state index contributed by atoms with van der Waals surface area (Å²) in [7, 11) is -7.32. The number of fused-ring (bicyclic) bond motifs is 1. The number of carbonyl (C=O) groups is 1. The van der Waals surface area contributed by atoms with Crippen LogP contribution in [-0.2, 0) is 24.8 Å². The minimum Gasteiger partial charge on any atom is -0.289 e. The van der Waals surface area contributed by atoms with Gasteiger partial charge in [-0.25, -0.2) is 25.9 Å². The quantitative estimate of drug-likeness (QED) is 0.699. The van der Waals surface area contributed by atoms with Crippen molar-refractivity contribution in [3.63, 3.8) is 0 Å². The molecule has 3 fully saturated rings. The molecule has 0 unspecified atom stereocenters. The van der Waals surface area contributed by atoms with Gasteiger partial charge >= 0.3 is 0 Å². The second-order valence-corrected chi connectivity index (χ2v) is 10.6. The molecule has 1 aromatic rings. The highest BCUT2D eigenvalue weighted by Gasteiger charge is 2.50. The highest BCUT2D eigenvalue weighted by Crippen LogP contribution is 2.34. The highest BCUT2D eigenvalue weighted by molar-refractivity contribution is 7.89. The van der Waals surface area contributed by atoms with E-state index in [4.69, 9.17) is 0 Å². The monoisotopic (exact) mass is 400 g/mol. The van der Waals surface area contributed by atoms with Crippen molar-refractivity contribution in [2.24, 2.45) is 0 Å². The molecule has 3 heterocycles. The molecule has 0 spiro atoms. The third-order valence-corrected chi connectivity index (χ3v) is 8.27. The van der Waals surface area contributed by atoms with E-state index in [1.54, 1.807) is 11.0 Å². The van der Waals surface area contributed by atoms with Crippen LogP contribution in [0.15, 0.2) is 29.4 Å². The van der Waals surface area contributed by atoms with Crippen molar-refractivity contribution in [1.29, 1.82) is 0 Å². The van der Waals surface area contributed by atoms with Gasteiger partial charge in [0.05, 0.1) is 11.8 Å². The first-order chi connectivity index (χ1) is 12.3. The second kappa shape index (κ2) is 6.25. The molecule has 0 aromatic carbocycles. The standard InChI is InChI=1S/C15H20N4O5S2/c20-15-14-8-11(17-26(23,24)13-2-1-5-16-9-13)10-18(14)6-7-25(21,22)19(15)12-3-4-12/h1-2,5,9,11-12,14,17H,3-4,6-8,10H2/t11-,14-/m0/s1. The Morgan fingerprint density at radius 3 is 2.69 bits per heavy atom. The first-order valence-corrected chi connectivity index (χ1v) is 11.6. The lowest BCUT2D eigenvalue weighted by molar-refractivity contribution is -0.130. The molecular formula is C15H20N4O5S2. The van der Waals surface area contributed by atoms with Crippen LogP contribution in [0.25, 0.3) is 0 Å². The zero-order valence-corrected chi connectivity index (χ0v) is 15.6. The summed E-state index contributed by atoms with van der Waals surface area (Å²) >= 11 is 0. The number of rotatable bonds is 4.